The third kappa shape index (κ3) is 5.37. The molecule has 7 rings (SSSR count). The van der Waals surface area contributed by atoms with Gasteiger partial charge in [0.15, 0.2) is 5.83 Å². The van der Waals surface area contributed by atoms with Crippen molar-refractivity contribution in [1.29, 1.82) is 5.26 Å². The number of hydrogen-bond donors (Lipinski definition) is 0. The van der Waals surface area contributed by atoms with Crippen molar-refractivity contribution in [1.82, 2.24) is 19.8 Å². The van der Waals surface area contributed by atoms with Gasteiger partial charge in [-0.15, -0.1) is 0 Å². The lowest BCUT2D eigenvalue weighted by molar-refractivity contribution is -0.131. The van der Waals surface area contributed by atoms with Crippen molar-refractivity contribution in [3.63, 3.8) is 0 Å². The molecule has 2 saturated heterocycles. The molecule has 0 unspecified atom stereocenters. The second-order valence-electron chi connectivity index (χ2n) is 13.2. The Kier molecular flexibility index (Phi) is 7.60. The first kappa shape index (κ1) is 29.5. The first-order chi connectivity index (χ1) is 21.8. The second-order valence-corrected chi connectivity index (χ2v) is 13.2. The number of benzene rings is 2. The van der Waals surface area contributed by atoms with Gasteiger partial charge in [-0.3, -0.25) is 4.79 Å². The molecule has 4 aliphatic rings. The molecule has 1 aromatic heterocycles. The second kappa shape index (κ2) is 11.6. The molecular weight excluding hydrogens is 569 g/mol. The predicted octanol–water partition coefficient (Wildman–Crippen LogP) is 4.88. The summed E-state index contributed by atoms with van der Waals surface area (Å²) in [5, 5.41) is 12.1. The van der Waals surface area contributed by atoms with Gasteiger partial charge in [0.05, 0.1) is 30.8 Å². The van der Waals surface area contributed by atoms with Crippen LogP contribution in [0.25, 0.3) is 10.8 Å². The van der Waals surface area contributed by atoms with E-state index in [1.54, 1.807) is 0 Å². The van der Waals surface area contributed by atoms with Gasteiger partial charge in [0.2, 0.25) is 0 Å². The number of hydrogen-bond acceptors (Lipinski definition) is 8. The largest absolute Gasteiger partial charge is 0.462 e. The minimum atomic E-state index is -1.00. The number of aromatic nitrogens is 2. The zero-order valence-electron chi connectivity index (χ0n) is 26.1. The van der Waals surface area contributed by atoms with Gasteiger partial charge in [-0.2, -0.15) is 15.2 Å². The van der Waals surface area contributed by atoms with Crippen molar-refractivity contribution in [2.75, 3.05) is 56.2 Å². The van der Waals surface area contributed by atoms with E-state index in [0.29, 0.717) is 38.3 Å². The van der Waals surface area contributed by atoms with Crippen LogP contribution in [0.3, 0.4) is 0 Å². The van der Waals surface area contributed by atoms with Crippen LogP contribution in [0.2, 0.25) is 0 Å². The zero-order valence-corrected chi connectivity index (χ0v) is 26.1. The normalized spacial score (nSPS) is 22.4. The summed E-state index contributed by atoms with van der Waals surface area (Å²) in [5.74, 6) is -0.918. The van der Waals surface area contributed by atoms with Crippen molar-refractivity contribution in [2.45, 2.75) is 63.1 Å². The number of nitriles is 1. The average Bonchev–Trinajstić information content (AvgIpc) is 3.67. The maximum atomic E-state index is 13.9. The minimum absolute atomic E-state index is 0.0944. The smallest absolute Gasteiger partial charge is 0.318 e. The van der Waals surface area contributed by atoms with E-state index in [-0.39, 0.29) is 18.4 Å². The topological polar surface area (TPSA) is 88.8 Å². The van der Waals surface area contributed by atoms with Crippen LogP contribution in [-0.2, 0) is 16.8 Å². The fraction of sp³-hybridized carbons (Fsp3) is 0.486. The number of carbonyl (C=O) groups is 1. The highest BCUT2D eigenvalue weighted by Gasteiger charge is 2.53. The van der Waals surface area contributed by atoms with E-state index in [2.05, 4.69) is 77.7 Å². The Bertz CT molecular complexity index is 1690. The van der Waals surface area contributed by atoms with Crippen molar-refractivity contribution >= 4 is 28.2 Å². The highest BCUT2D eigenvalue weighted by molar-refractivity contribution is 5.97. The van der Waals surface area contributed by atoms with Gasteiger partial charge in [0.25, 0.3) is 5.91 Å². The molecular formula is C35H40FN7O2. The number of piperazine rings is 1. The summed E-state index contributed by atoms with van der Waals surface area (Å²) < 4.78 is 20.3. The lowest BCUT2D eigenvalue weighted by atomic mass is 9.88. The number of likely N-dealkylation sites (N-methyl/N-ethyl adjacent to an activating group) is 1. The molecule has 45 heavy (non-hydrogen) atoms. The molecule has 10 heteroatoms. The van der Waals surface area contributed by atoms with Crippen LogP contribution >= 0.6 is 0 Å². The van der Waals surface area contributed by atoms with Crippen LogP contribution in [0.1, 0.15) is 48.9 Å². The van der Waals surface area contributed by atoms with Crippen LogP contribution in [0.15, 0.2) is 48.8 Å². The molecule has 2 aromatic carbocycles. The Balaban J connectivity index is 1.28. The molecule has 3 fully saturated rings. The minimum Gasteiger partial charge on any atom is -0.462 e. The standard InChI is InChI=1S/C35H40FN7O2/c1-23-7-4-8-25-9-5-11-29(30(23)25)42-20-28-31(35(22-42)13-14-35)32(39-34(38-28)45-21-27-10-6-16-40(27)3)41-17-18-43(33(44)24(2)36)26(19-41)12-15-37/h4-5,7-9,11,26-27H,2,6,10,12-14,16-22H2,1,3H3/t26-,27-/m0/s1. The predicted molar refractivity (Wildman–Crippen MR) is 172 cm³/mol. The Morgan fingerprint density at radius 1 is 1.13 bits per heavy atom. The van der Waals surface area contributed by atoms with Crippen molar-refractivity contribution in [2.24, 2.45) is 0 Å². The maximum absolute atomic E-state index is 13.9. The highest BCUT2D eigenvalue weighted by atomic mass is 19.1. The quantitative estimate of drug-likeness (QED) is 0.351. The fourth-order valence-electron chi connectivity index (χ4n) is 7.71. The van der Waals surface area contributed by atoms with E-state index in [1.807, 2.05) is 0 Å². The summed E-state index contributed by atoms with van der Waals surface area (Å²) in [7, 11) is 2.13. The highest BCUT2D eigenvalue weighted by Crippen LogP contribution is 2.56. The number of aryl methyl sites for hydroxylation is 1. The van der Waals surface area contributed by atoms with Crippen LogP contribution < -0.4 is 14.5 Å². The SMILES string of the molecule is C=C(F)C(=O)N1CCN(c2nc(OC[C@@H]3CCCN3C)nc3c2C2(CC2)CN(c2cccc4cccc(C)c24)C3)C[C@@H]1CC#N. The molecule has 1 saturated carbocycles. The molecule has 2 atom stereocenters. The Morgan fingerprint density at radius 3 is 2.64 bits per heavy atom. The van der Waals surface area contributed by atoms with Gasteiger partial charge in [-0.25, -0.2) is 4.39 Å². The van der Waals surface area contributed by atoms with E-state index in [1.165, 1.54) is 26.9 Å². The van der Waals surface area contributed by atoms with Crippen LogP contribution in [0, 0.1) is 18.3 Å². The Hall–Kier alpha value is -4.23. The van der Waals surface area contributed by atoms with E-state index in [0.717, 1.165) is 55.8 Å². The fourth-order valence-corrected chi connectivity index (χ4v) is 7.71. The summed E-state index contributed by atoms with van der Waals surface area (Å²) >= 11 is 0. The maximum Gasteiger partial charge on any atom is 0.318 e. The summed E-state index contributed by atoms with van der Waals surface area (Å²) in [5.41, 5.74) is 4.50. The number of fused-ring (bicyclic) bond motifs is 3. The van der Waals surface area contributed by atoms with Gasteiger partial charge in [-0.1, -0.05) is 36.9 Å². The summed E-state index contributed by atoms with van der Waals surface area (Å²) in [4.78, 5) is 31.2. The number of anilines is 2. The zero-order chi connectivity index (χ0) is 31.3. The molecule has 234 valence electrons. The van der Waals surface area contributed by atoms with E-state index < -0.39 is 17.8 Å². The first-order valence-electron chi connectivity index (χ1n) is 16.0. The molecule has 0 radical (unpaired) electrons. The third-order valence-electron chi connectivity index (χ3n) is 10.3. The van der Waals surface area contributed by atoms with Gasteiger partial charge >= 0.3 is 6.01 Å². The van der Waals surface area contributed by atoms with Gasteiger partial charge < -0.3 is 24.3 Å². The number of nitrogens with zero attached hydrogens (tertiary/aromatic N) is 7. The summed E-state index contributed by atoms with van der Waals surface area (Å²) in [6, 6.07) is 15.4. The van der Waals surface area contributed by atoms with Gasteiger partial charge in [-0.05, 0) is 63.2 Å². The number of likely N-dealkylation sites (tertiary alicyclic amines) is 1. The number of ether oxygens (including phenoxy) is 1. The van der Waals surface area contributed by atoms with Crippen molar-refractivity contribution in [3.8, 4) is 12.1 Å². The molecule has 1 amide bonds. The summed E-state index contributed by atoms with van der Waals surface area (Å²) in [6.07, 6.45) is 4.39. The lowest BCUT2D eigenvalue weighted by Gasteiger charge is -2.43. The molecule has 1 aliphatic carbocycles. The molecule has 1 spiro atoms. The Labute approximate surface area is 263 Å². The van der Waals surface area contributed by atoms with Crippen molar-refractivity contribution in [3.05, 3.63) is 65.6 Å². The van der Waals surface area contributed by atoms with Crippen LogP contribution in [-0.4, -0.2) is 84.1 Å². The van der Waals surface area contributed by atoms with Crippen LogP contribution in [0.4, 0.5) is 15.9 Å². The monoisotopic (exact) mass is 609 g/mol. The number of rotatable bonds is 7. The number of carbonyl (C=O) groups excluding carboxylic acids is 1. The molecule has 0 bridgehead atoms. The average molecular weight is 610 g/mol. The lowest BCUT2D eigenvalue weighted by Crippen LogP contribution is -2.56. The molecule has 0 N–H and O–H groups in total. The molecule has 3 aromatic rings. The van der Waals surface area contributed by atoms with E-state index in [9.17, 15) is 14.4 Å². The third-order valence-corrected chi connectivity index (χ3v) is 10.3. The first-order valence-corrected chi connectivity index (χ1v) is 16.0. The number of halogens is 1. The summed E-state index contributed by atoms with van der Waals surface area (Å²) in [6.45, 7) is 9.57. The van der Waals surface area contributed by atoms with Crippen LogP contribution in [0.5, 0.6) is 6.01 Å². The van der Waals surface area contributed by atoms with Crippen molar-refractivity contribution < 1.29 is 13.9 Å². The number of amides is 1. The molecule has 4 heterocycles. The van der Waals surface area contributed by atoms with E-state index in [4.69, 9.17) is 14.7 Å². The molecule has 9 nitrogen and oxygen atoms in total. The molecule has 3 aliphatic heterocycles. The van der Waals surface area contributed by atoms with E-state index >= 15 is 0 Å². The van der Waals surface area contributed by atoms with Gasteiger partial charge in [0.1, 0.15) is 12.4 Å². The Morgan fingerprint density at radius 2 is 1.93 bits per heavy atom. The van der Waals surface area contributed by atoms with Gasteiger partial charge in [0, 0.05) is 54.3 Å².